The van der Waals surface area contributed by atoms with Gasteiger partial charge in [0.2, 0.25) is 0 Å². The topological polar surface area (TPSA) is 28.4 Å². The molecule has 3 heteroatoms. The van der Waals surface area contributed by atoms with E-state index in [0.717, 1.165) is 50.7 Å². The van der Waals surface area contributed by atoms with Gasteiger partial charge in [-0.3, -0.25) is 0 Å². The molecule has 0 amide bonds. The van der Waals surface area contributed by atoms with Crippen molar-refractivity contribution < 1.29 is 4.42 Å². The van der Waals surface area contributed by atoms with Crippen molar-refractivity contribution in [2.75, 3.05) is 10.2 Å². The van der Waals surface area contributed by atoms with Gasteiger partial charge in [0.1, 0.15) is 11.3 Å². The minimum atomic E-state index is 0.874. The van der Waals surface area contributed by atoms with Crippen LogP contribution in [0, 0.1) is 13.8 Å². The number of benzene rings is 5. The van der Waals surface area contributed by atoms with Gasteiger partial charge in [0.15, 0.2) is 0 Å². The molecule has 1 N–H and O–H groups in total. The quantitative estimate of drug-likeness (QED) is 0.257. The molecule has 0 bridgehead atoms. The van der Waals surface area contributed by atoms with E-state index in [1.165, 1.54) is 11.1 Å². The van der Waals surface area contributed by atoms with E-state index in [1.807, 2.05) is 24.3 Å². The first-order chi connectivity index (χ1) is 18.2. The SMILES string of the molecule is Cc1cccc(C)c1Nc1cccc(N(c2ccccc2)c2ccc(-c3cc4ccccc4o3)cc2)c1. The summed E-state index contributed by atoms with van der Waals surface area (Å²) in [6.45, 7) is 4.28. The summed E-state index contributed by atoms with van der Waals surface area (Å²) in [5.41, 5.74) is 9.88. The molecule has 1 heterocycles. The van der Waals surface area contributed by atoms with E-state index in [-0.39, 0.29) is 0 Å². The average molecular weight is 481 g/mol. The predicted molar refractivity (Wildman–Crippen MR) is 156 cm³/mol. The van der Waals surface area contributed by atoms with Crippen LogP contribution in [0.2, 0.25) is 0 Å². The molecular weight excluding hydrogens is 452 g/mol. The molecule has 0 atom stereocenters. The van der Waals surface area contributed by atoms with Gasteiger partial charge in [-0.05, 0) is 91.7 Å². The highest BCUT2D eigenvalue weighted by atomic mass is 16.3. The van der Waals surface area contributed by atoms with Gasteiger partial charge in [-0.2, -0.15) is 0 Å². The highest BCUT2D eigenvalue weighted by molar-refractivity contribution is 5.84. The second-order valence-electron chi connectivity index (χ2n) is 9.31. The molecule has 180 valence electrons. The largest absolute Gasteiger partial charge is 0.456 e. The molecule has 0 saturated heterocycles. The second kappa shape index (κ2) is 9.71. The van der Waals surface area contributed by atoms with Gasteiger partial charge in [0.05, 0.1) is 0 Å². The lowest BCUT2D eigenvalue weighted by molar-refractivity contribution is 0.631. The van der Waals surface area contributed by atoms with Crippen molar-refractivity contribution in [1.82, 2.24) is 0 Å². The first-order valence-electron chi connectivity index (χ1n) is 12.5. The Morgan fingerprint density at radius 3 is 1.97 bits per heavy atom. The third-order valence-corrected chi connectivity index (χ3v) is 6.70. The Morgan fingerprint density at radius 1 is 0.568 bits per heavy atom. The Kier molecular flexibility index (Phi) is 5.95. The number of anilines is 5. The third kappa shape index (κ3) is 4.60. The lowest BCUT2D eigenvalue weighted by atomic mass is 10.1. The maximum Gasteiger partial charge on any atom is 0.135 e. The summed E-state index contributed by atoms with van der Waals surface area (Å²) in [4.78, 5) is 2.28. The zero-order valence-electron chi connectivity index (χ0n) is 21.0. The number of furan rings is 1. The molecule has 6 aromatic rings. The summed E-state index contributed by atoms with van der Waals surface area (Å²) in [6, 6.07) is 44.2. The van der Waals surface area contributed by atoms with Crippen LogP contribution in [0.5, 0.6) is 0 Å². The molecule has 37 heavy (non-hydrogen) atoms. The van der Waals surface area contributed by atoms with Crippen molar-refractivity contribution in [2.24, 2.45) is 0 Å². The smallest absolute Gasteiger partial charge is 0.135 e. The van der Waals surface area contributed by atoms with E-state index < -0.39 is 0 Å². The second-order valence-corrected chi connectivity index (χ2v) is 9.31. The fourth-order valence-corrected chi connectivity index (χ4v) is 4.80. The number of nitrogens with one attached hydrogen (secondary N) is 1. The van der Waals surface area contributed by atoms with E-state index in [4.69, 9.17) is 4.42 Å². The summed E-state index contributed by atoms with van der Waals surface area (Å²) in [6.07, 6.45) is 0. The minimum Gasteiger partial charge on any atom is -0.456 e. The van der Waals surface area contributed by atoms with Crippen molar-refractivity contribution in [1.29, 1.82) is 0 Å². The number of hydrogen-bond acceptors (Lipinski definition) is 3. The van der Waals surface area contributed by atoms with Gasteiger partial charge in [-0.25, -0.2) is 0 Å². The van der Waals surface area contributed by atoms with Gasteiger partial charge < -0.3 is 14.6 Å². The van der Waals surface area contributed by atoms with Crippen molar-refractivity contribution in [3.05, 3.63) is 139 Å². The van der Waals surface area contributed by atoms with Crippen LogP contribution in [0.4, 0.5) is 28.4 Å². The summed E-state index contributed by atoms with van der Waals surface area (Å²) >= 11 is 0. The molecule has 5 aromatic carbocycles. The summed E-state index contributed by atoms with van der Waals surface area (Å²) < 4.78 is 6.09. The molecule has 0 radical (unpaired) electrons. The Morgan fingerprint density at radius 2 is 1.22 bits per heavy atom. The number of rotatable bonds is 6. The number of nitrogens with zero attached hydrogens (tertiary/aromatic N) is 1. The zero-order chi connectivity index (χ0) is 25.2. The van der Waals surface area contributed by atoms with E-state index in [0.29, 0.717) is 0 Å². The van der Waals surface area contributed by atoms with Crippen molar-refractivity contribution in [2.45, 2.75) is 13.8 Å². The van der Waals surface area contributed by atoms with E-state index >= 15 is 0 Å². The van der Waals surface area contributed by atoms with E-state index in [9.17, 15) is 0 Å². The maximum atomic E-state index is 6.09. The summed E-state index contributed by atoms with van der Waals surface area (Å²) in [5, 5.41) is 4.75. The first-order valence-corrected chi connectivity index (χ1v) is 12.5. The molecular formula is C34H28N2O. The number of para-hydroxylation sites is 3. The highest BCUT2D eigenvalue weighted by Gasteiger charge is 2.14. The Bertz CT molecular complexity index is 1610. The fraction of sp³-hybridized carbons (Fsp3) is 0.0588. The standard InChI is InChI=1S/C34H28N2O/c1-24-10-8-11-25(2)34(24)35-28-13-9-16-31(23-28)36(29-14-4-3-5-15-29)30-20-18-26(19-21-30)33-22-27-12-6-7-17-32(27)37-33/h3-23,35H,1-2H3. The van der Waals surface area contributed by atoms with Crippen LogP contribution in [0.1, 0.15) is 11.1 Å². The van der Waals surface area contributed by atoms with Crippen LogP contribution >= 0.6 is 0 Å². The van der Waals surface area contributed by atoms with Gasteiger partial charge in [-0.15, -0.1) is 0 Å². The third-order valence-electron chi connectivity index (χ3n) is 6.70. The van der Waals surface area contributed by atoms with Crippen LogP contribution in [0.15, 0.2) is 132 Å². The number of aryl methyl sites for hydroxylation is 2. The average Bonchev–Trinajstić information content (AvgIpc) is 3.37. The predicted octanol–water partition coefficient (Wildman–Crippen LogP) is 9.93. The normalized spacial score (nSPS) is 11.0. The minimum absolute atomic E-state index is 0.874. The van der Waals surface area contributed by atoms with Gasteiger partial charge in [0, 0.05) is 39.4 Å². The molecule has 0 aliphatic rings. The maximum absolute atomic E-state index is 6.09. The van der Waals surface area contributed by atoms with Crippen molar-refractivity contribution in [3.8, 4) is 11.3 Å². The Labute approximate surface area is 217 Å². The molecule has 3 nitrogen and oxygen atoms in total. The summed E-state index contributed by atoms with van der Waals surface area (Å²) in [7, 11) is 0. The van der Waals surface area contributed by atoms with E-state index in [2.05, 4.69) is 127 Å². The van der Waals surface area contributed by atoms with Crippen LogP contribution < -0.4 is 10.2 Å². The molecule has 1 aromatic heterocycles. The summed E-state index contributed by atoms with van der Waals surface area (Å²) in [5.74, 6) is 0.874. The molecule has 0 fully saturated rings. The molecule has 6 rings (SSSR count). The van der Waals surface area contributed by atoms with Crippen LogP contribution in [0.25, 0.3) is 22.3 Å². The number of hydrogen-bond donors (Lipinski definition) is 1. The molecule has 0 unspecified atom stereocenters. The van der Waals surface area contributed by atoms with Gasteiger partial charge >= 0.3 is 0 Å². The first kappa shape index (κ1) is 22.7. The zero-order valence-corrected chi connectivity index (χ0v) is 21.0. The highest BCUT2D eigenvalue weighted by Crippen LogP contribution is 2.38. The van der Waals surface area contributed by atoms with Crippen LogP contribution in [-0.2, 0) is 0 Å². The van der Waals surface area contributed by atoms with Gasteiger partial charge in [0.25, 0.3) is 0 Å². The monoisotopic (exact) mass is 480 g/mol. The number of fused-ring (bicyclic) bond motifs is 1. The van der Waals surface area contributed by atoms with Crippen LogP contribution in [-0.4, -0.2) is 0 Å². The molecule has 0 saturated carbocycles. The van der Waals surface area contributed by atoms with Gasteiger partial charge in [-0.1, -0.05) is 60.7 Å². The molecule has 0 aliphatic heterocycles. The fourth-order valence-electron chi connectivity index (χ4n) is 4.80. The lowest BCUT2D eigenvalue weighted by Crippen LogP contribution is -2.10. The van der Waals surface area contributed by atoms with Crippen molar-refractivity contribution >= 4 is 39.4 Å². The Hall–Kier alpha value is -4.76. The van der Waals surface area contributed by atoms with Crippen molar-refractivity contribution in [3.63, 3.8) is 0 Å². The molecule has 0 spiro atoms. The Balaban J connectivity index is 1.37. The van der Waals surface area contributed by atoms with E-state index in [1.54, 1.807) is 0 Å². The molecule has 0 aliphatic carbocycles. The lowest BCUT2D eigenvalue weighted by Gasteiger charge is -2.26. The van der Waals surface area contributed by atoms with Crippen LogP contribution in [0.3, 0.4) is 0 Å².